The fourth-order valence-electron chi connectivity index (χ4n) is 2.79. The van der Waals surface area contributed by atoms with Crippen molar-refractivity contribution in [2.45, 2.75) is 14.6 Å². The Bertz CT molecular complexity index is 1330. The number of furan rings is 1. The van der Waals surface area contributed by atoms with Gasteiger partial charge in [-0.15, -0.1) is 11.3 Å². The topological polar surface area (TPSA) is 92.0 Å². The molecule has 0 saturated heterocycles. The molecule has 0 saturated carbocycles. The molecule has 2 N–H and O–H groups in total. The highest BCUT2D eigenvalue weighted by Gasteiger charge is 2.15. The zero-order valence-electron chi connectivity index (χ0n) is 15.2. The Morgan fingerprint density at radius 3 is 2.63 bits per heavy atom. The summed E-state index contributed by atoms with van der Waals surface area (Å²) in [5.41, 5.74) is 2.60. The zero-order chi connectivity index (χ0) is 20.5. The second-order valence-corrected chi connectivity index (χ2v) is 9.49. The summed E-state index contributed by atoms with van der Waals surface area (Å²) in [6.45, 7) is 0. The summed E-state index contributed by atoms with van der Waals surface area (Å²) in [5.74, 6) is -0.586. The van der Waals surface area contributed by atoms with Crippen LogP contribution in [0.15, 0.2) is 84.6 Å². The second-order valence-electron chi connectivity index (χ2n) is 6.18. The first-order valence-electron chi connectivity index (χ1n) is 8.85. The molecular weight excluding hydrogens is 438 g/mol. The van der Waals surface area contributed by atoms with Crippen LogP contribution in [0.5, 0.6) is 0 Å². The molecule has 0 radical (unpaired) electrons. The van der Waals surface area contributed by atoms with Crippen molar-refractivity contribution in [3.8, 4) is 0 Å². The molecule has 0 spiro atoms. The smallest absolute Gasteiger partial charge is 0.342 e. The Morgan fingerprint density at radius 2 is 1.83 bits per heavy atom. The third kappa shape index (κ3) is 4.00. The molecule has 9 heteroatoms. The van der Waals surface area contributed by atoms with Gasteiger partial charge in [0.1, 0.15) is 10.7 Å². The lowest BCUT2D eigenvalue weighted by molar-refractivity contribution is -0.131. The quantitative estimate of drug-likeness (QED) is 0.237. The number of aromatic nitrogens is 3. The van der Waals surface area contributed by atoms with E-state index in [1.807, 2.05) is 54.6 Å². The summed E-state index contributed by atoms with van der Waals surface area (Å²) in [4.78, 5) is 24.0. The lowest BCUT2D eigenvalue weighted by atomic mass is 10.3. The fourth-order valence-corrected chi connectivity index (χ4v) is 5.54. The van der Waals surface area contributed by atoms with Crippen LogP contribution in [0.3, 0.4) is 0 Å². The van der Waals surface area contributed by atoms with Gasteiger partial charge in [0, 0.05) is 6.08 Å². The number of rotatable bonds is 6. The van der Waals surface area contributed by atoms with Crippen molar-refractivity contribution in [1.29, 1.82) is 0 Å². The predicted octanol–water partition coefficient (Wildman–Crippen LogP) is 6.13. The number of nitrogens with zero attached hydrogens (tertiary/aromatic N) is 2. The molecule has 0 aliphatic heterocycles. The van der Waals surface area contributed by atoms with Crippen molar-refractivity contribution < 1.29 is 14.3 Å². The maximum Gasteiger partial charge on any atom is 0.342 e. The zero-order valence-corrected chi connectivity index (χ0v) is 17.7. The lowest BCUT2D eigenvalue weighted by Crippen LogP contribution is -1.96. The summed E-state index contributed by atoms with van der Waals surface area (Å²) in [5, 5.41) is 10.8. The van der Waals surface area contributed by atoms with Gasteiger partial charge in [-0.25, -0.2) is 14.8 Å². The van der Waals surface area contributed by atoms with E-state index in [0.29, 0.717) is 16.0 Å². The minimum absolute atomic E-state index is 0.111. The Labute approximate surface area is 183 Å². The van der Waals surface area contributed by atoms with E-state index < -0.39 is 5.97 Å². The van der Waals surface area contributed by atoms with E-state index in [4.69, 9.17) is 4.42 Å². The van der Waals surface area contributed by atoms with Crippen molar-refractivity contribution in [2.75, 3.05) is 0 Å². The minimum atomic E-state index is -1.04. The van der Waals surface area contributed by atoms with Gasteiger partial charge < -0.3 is 14.5 Å². The first-order valence-corrected chi connectivity index (χ1v) is 11.3. The van der Waals surface area contributed by atoms with E-state index in [1.165, 1.54) is 17.8 Å². The highest BCUT2D eigenvalue weighted by molar-refractivity contribution is 8.04. The molecule has 0 fully saturated rings. The molecule has 3 aromatic heterocycles. The molecule has 30 heavy (non-hydrogen) atoms. The molecule has 0 amide bonds. The number of H-pyrrole nitrogens is 1. The number of aromatic amines is 1. The maximum atomic E-state index is 11.7. The Balaban J connectivity index is 1.36. The van der Waals surface area contributed by atoms with Crippen LogP contribution in [0.4, 0.5) is 0 Å². The highest BCUT2D eigenvalue weighted by Crippen LogP contribution is 2.36. The van der Waals surface area contributed by atoms with Crippen molar-refractivity contribution in [1.82, 2.24) is 15.0 Å². The SMILES string of the molecule is O=C(O)/C(=C/c1ccc(Sc2nc3ccccc3s2)o1)Sc1nc2ccccc2[nH]1. The third-order valence-corrected chi connectivity index (χ3v) is 7.04. The van der Waals surface area contributed by atoms with Gasteiger partial charge in [-0.1, -0.05) is 24.3 Å². The van der Waals surface area contributed by atoms with E-state index in [9.17, 15) is 9.90 Å². The Hall–Kier alpha value is -3.01. The van der Waals surface area contributed by atoms with Gasteiger partial charge in [0.05, 0.1) is 21.3 Å². The van der Waals surface area contributed by atoms with Crippen LogP contribution in [0.25, 0.3) is 27.3 Å². The number of benzene rings is 2. The fraction of sp³-hybridized carbons (Fsp3) is 0. The molecule has 148 valence electrons. The van der Waals surface area contributed by atoms with Crippen molar-refractivity contribution in [3.63, 3.8) is 0 Å². The summed E-state index contributed by atoms with van der Waals surface area (Å²) < 4.78 is 7.79. The molecule has 6 nitrogen and oxygen atoms in total. The number of aliphatic carboxylic acids is 1. The number of fused-ring (bicyclic) bond motifs is 2. The first-order chi connectivity index (χ1) is 14.6. The van der Waals surface area contributed by atoms with Gasteiger partial charge in [-0.2, -0.15) is 0 Å². The molecular formula is C21H13N3O3S3. The molecule has 0 aliphatic rings. The average molecular weight is 452 g/mol. The number of nitrogens with one attached hydrogen (secondary N) is 1. The molecule has 0 unspecified atom stereocenters. The van der Waals surface area contributed by atoms with Gasteiger partial charge in [0.2, 0.25) is 0 Å². The van der Waals surface area contributed by atoms with Crippen molar-refractivity contribution in [3.05, 3.63) is 71.3 Å². The summed E-state index contributed by atoms with van der Waals surface area (Å²) in [6, 6.07) is 19.1. The number of para-hydroxylation sites is 3. The number of thioether (sulfide) groups is 1. The largest absolute Gasteiger partial charge is 0.477 e. The van der Waals surface area contributed by atoms with Crippen LogP contribution in [0.2, 0.25) is 0 Å². The summed E-state index contributed by atoms with van der Waals surface area (Å²) in [7, 11) is 0. The van der Waals surface area contributed by atoms with Crippen LogP contribution in [-0.4, -0.2) is 26.0 Å². The molecule has 2 aromatic carbocycles. The number of carbonyl (C=O) groups is 1. The highest BCUT2D eigenvalue weighted by atomic mass is 32.2. The Kier molecular flexibility index (Phi) is 5.07. The first kappa shape index (κ1) is 19.0. The lowest BCUT2D eigenvalue weighted by Gasteiger charge is -1.98. The predicted molar refractivity (Wildman–Crippen MR) is 120 cm³/mol. The molecule has 0 atom stereocenters. The maximum absolute atomic E-state index is 11.7. The van der Waals surface area contributed by atoms with Gasteiger partial charge in [-0.3, -0.25) is 0 Å². The standard InChI is InChI=1S/C21H13N3O3S3/c25-19(26)17(28-20-22-13-5-1-2-6-14(13)23-20)11-12-9-10-18(27-12)30-21-24-15-7-3-4-8-16(15)29-21/h1-11H,(H,22,23)(H,25,26)/b17-11-. The van der Waals surface area contributed by atoms with Gasteiger partial charge >= 0.3 is 5.97 Å². The number of hydrogen-bond acceptors (Lipinski definition) is 7. The number of carboxylic acid groups (broad SMARTS) is 1. The second kappa shape index (κ2) is 8.02. The normalized spacial score (nSPS) is 12.1. The molecule has 5 rings (SSSR count). The molecule has 0 bridgehead atoms. The van der Waals surface area contributed by atoms with E-state index in [0.717, 1.165) is 37.4 Å². The van der Waals surface area contributed by atoms with E-state index in [1.54, 1.807) is 17.4 Å². The van der Waals surface area contributed by atoms with E-state index in [-0.39, 0.29) is 4.91 Å². The van der Waals surface area contributed by atoms with Crippen LogP contribution in [0, 0.1) is 0 Å². The molecule has 0 aliphatic carbocycles. The van der Waals surface area contributed by atoms with Gasteiger partial charge in [0.25, 0.3) is 0 Å². The van der Waals surface area contributed by atoms with Crippen molar-refractivity contribution >= 4 is 68.2 Å². The van der Waals surface area contributed by atoms with Gasteiger partial charge in [0.15, 0.2) is 14.6 Å². The number of imidazole rings is 1. The summed E-state index contributed by atoms with van der Waals surface area (Å²) >= 11 is 4.06. The average Bonchev–Trinajstić information content (AvgIpc) is 3.44. The van der Waals surface area contributed by atoms with Crippen LogP contribution in [0.1, 0.15) is 5.76 Å². The van der Waals surface area contributed by atoms with Crippen LogP contribution in [-0.2, 0) is 4.79 Å². The van der Waals surface area contributed by atoms with Gasteiger partial charge in [-0.05, 0) is 59.9 Å². The van der Waals surface area contributed by atoms with Crippen LogP contribution < -0.4 is 0 Å². The third-order valence-electron chi connectivity index (χ3n) is 4.12. The van der Waals surface area contributed by atoms with Crippen molar-refractivity contribution in [2.24, 2.45) is 0 Å². The minimum Gasteiger partial charge on any atom is -0.477 e. The monoisotopic (exact) mass is 451 g/mol. The van der Waals surface area contributed by atoms with Crippen LogP contribution >= 0.6 is 34.9 Å². The number of carboxylic acids is 1. The number of thiazole rings is 1. The van der Waals surface area contributed by atoms with E-state index in [2.05, 4.69) is 15.0 Å². The van der Waals surface area contributed by atoms with E-state index >= 15 is 0 Å². The molecule has 5 aromatic rings. The molecule has 3 heterocycles. The Morgan fingerprint density at radius 1 is 1.03 bits per heavy atom. The summed E-state index contributed by atoms with van der Waals surface area (Å²) in [6.07, 6.45) is 1.50. The number of hydrogen-bond donors (Lipinski definition) is 2.